The number of carbonyl (C=O) groups excluding carboxylic acids is 1. The van der Waals surface area contributed by atoms with E-state index in [1.54, 1.807) is 17.4 Å². The van der Waals surface area contributed by atoms with Gasteiger partial charge in [0.05, 0.1) is 10.4 Å². The minimum atomic E-state index is -1.11. The van der Waals surface area contributed by atoms with Gasteiger partial charge in [-0.2, -0.15) is 0 Å². The van der Waals surface area contributed by atoms with E-state index in [2.05, 4.69) is 46.8 Å². The zero-order valence-electron chi connectivity index (χ0n) is 18.6. The second kappa shape index (κ2) is 14.0. The Morgan fingerprint density at radius 1 is 1.27 bits per heavy atom. The lowest BCUT2D eigenvalue weighted by atomic mass is 10.1. The van der Waals surface area contributed by atoms with E-state index in [0.29, 0.717) is 5.56 Å². The van der Waals surface area contributed by atoms with Crippen molar-refractivity contribution in [2.75, 3.05) is 13.1 Å². The molecular weight excluding hydrogens is 445 g/mol. The summed E-state index contributed by atoms with van der Waals surface area (Å²) in [6.07, 6.45) is 1.87. The molecule has 2 aromatic carbocycles. The molecule has 176 valence electrons. The van der Waals surface area contributed by atoms with Crippen LogP contribution in [-0.2, 0) is 16.1 Å². The van der Waals surface area contributed by atoms with Gasteiger partial charge in [0.25, 0.3) is 0 Å². The largest absolute Gasteiger partial charge is 0.465 e. The van der Waals surface area contributed by atoms with Crippen molar-refractivity contribution in [3.05, 3.63) is 77.2 Å². The molecule has 0 spiro atoms. The number of amides is 1. The van der Waals surface area contributed by atoms with Crippen molar-refractivity contribution in [1.82, 2.24) is 15.6 Å². The fraction of sp³-hybridized carbons (Fsp3) is 0.292. The number of esters is 1. The van der Waals surface area contributed by atoms with Gasteiger partial charge in [0.1, 0.15) is 11.9 Å². The van der Waals surface area contributed by atoms with Gasteiger partial charge in [-0.15, -0.1) is 11.3 Å². The third kappa shape index (κ3) is 10.7. The SMILES string of the molecule is CC(=O)OC1CCNC1.Cc1ccc(-c2cncs2)cc1.O=C(O)NCc1cccc(F)c1. The Morgan fingerprint density at radius 2 is 2.03 bits per heavy atom. The summed E-state index contributed by atoms with van der Waals surface area (Å²) in [6.45, 7) is 5.46. The first-order valence-electron chi connectivity index (χ1n) is 10.4. The Kier molecular flexibility index (Phi) is 11.0. The molecule has 3 N–H and O–H groups in total. The van der Waals surface area contributed by atoms with Crippen LogP contribution >= 0.6 is 11.3 Å². The summed E-state index contributed by atoms with van der Waals surface area (Å²) in [7, 11) is 0. The van der Waals surface area contributed by atoms with Crippen LogP contribution in [-0.4, -0.2) is 41.3 Å². The molecule has 9 heteroatoms. The van der Waals surface area contributed by atoms with Crippen LogP contribution in [0.15, 0.2) is 60.2 Å². The van der Waals surface area contributed by atoms with E-state index in [0.717, 1.165) is 19.5 Å². The topological polar surface area (TPSA) is 101 Å². The summed E-state index contributed by atoms with van der Waals surface area (Å²) < 4.78 is 17.4. The molecule has 33 heavy (non-hydrogen) atoms. The van der Waals surface area contributed by atoms with Crippen molar-refractivity contribution in [2.45, 2.75) is 32.9 Å². The molecule has 0 saturated carbocycles. The van der Waals surface area contributed by atoms with Crippen LogP contribution in [0.3, 0.4) is 0 Å². The van der Waals surface area contributed by atoms with E-state index < -0.39 is 6.09 Å². The van der Waals surface area contributed by atoms with Crippen LogP contribution in [0.2, 0.25) is 0 Å². The smallest absolute Gasteiger partial charge is 0.404 e. The number of benzene rings is 2. The Morgan fingerprint density at radius 3 is 2.58 bits per heavy atom. The Hall–Kier alpha value is -3.30. The second-order valence-electron chi connectivity index (χ2n) is 7.24. The number of halogens is 1. The third-order valence-corrected chi connectivity index (χ3v) is 5.27. The number of ether oxygens (including phenoxy) is 1. The van der Waals surface area contributed by atoms with Crippen molar-refractivity contribution in [1.29, 1.82) is 0 Å². The number of hydrogen-bond acceptors (Lipinski definition) is 6. The zero-order valence-corrected chi connectivity index (χ0v) is 19.4. The van der Waals surface area contributed by atoms with Crippen molar-refractivity contribution in [3.8, 4) is 10.4 Å². The predicted molar refractivity (Wildman–Crippen MR) is 127 cm³/mol. The van der Waals surface area contributed by atoms with Gasteiger partial charge in [0.15, 0.2) is 0 Å². The third-order valence-electron chi connectivity index (χ3n) is 4.45. The van der Waals surface area contributed by atoms with Crippen molar-refractivity contribution >= 4 is 23.4 Å². The molecular formula is C24H28FN3O4S. The van der Waals surface area contributed by atoms with Crippen LogP contribution < -0.4 is 10.6 Å². The van der Waals surface area contributed by atoms with Gasteiger partial charge in [-0.05, 0) is 43.1 Å². The number of thiazole rings is 1. The van der Waals surface area contributed by atoms with E-state index in [9.17, 15) is 14.0 Å². The average Bonchev–Trinajstić information content (AvgIpc) is 3.48. The van der Waals surface area contributed by atoms with Gasteiger partial charge in [-0.25, -0.2) is 9.18 Å². The molecule has 1 aliphatic heterocycles. The molecule has 0 aliphatic carbocycles. The first-order chi connectivity index (χ1) is 15.8. The highest BCUT2D eigenvalue weighted by Gasteiger charge is 2.16. The van der Waals surface area contributed by atoms with Gasteiger partial charge in [0, 0.05) is 26.2 Å². The average molecular weight is 474 g/mol. The molecule has 1 unspecified atom stereocenters. The number of nitrogens with zero attached hydrogens (tertiary/aromatic N) is 1. The van der Waals surface area contributed by atoms with Crippen molar-refractivity contribution in [3.63, 3.8) is 0 Å². The van der Waals surface area contributed by atoms with E-state index in [4.69, 9.17) is 9.84 Å². The lowest BCUT2D eigenvalue weighted by Crippen LogP contribution is -2.19. The summed E-state index contributed by atoms with van der Waals surface area (Å²) in [6, 6.07) is 14.3. The maximum absolute atomic E-state index is 12.5. The highest BCUT2D eigenvalue weighted by Crippen LogP contribution is 2.22. The summed E-state index contributed by atoms with van der Waals surface area (Å²) >= 11 is 1.67. The lowest BCUT2D eigenvalue weighted by Gasteiger charge is -2.06. The highest BCUT2D eigenvalue weighted by atomic mass is 32.1. The highest BCUT2D eigenvalue weighted by molar-refractivity contribution is 7.13. The normalized spacial score (nSPS) is 14.2. The van der Waals surface area contributed by atoms with Crippen LogP contribution in [0.25, 0.3) is 10.4 Å². The Balaban J connectivity index is 0.000000177. The van der Waals surface area contributed by atoms with E-state index in [1.807, 2.05) is 11.7 Å². The van der Waals surface area contributed by atoms with E-state index in [-0.39, 0.29) is 24.4 Å². The minimum Gasteiger partial charge on any atom is -0.465 e. The summed E-state index contributed by atoms with van der Waals surface area (Å²) in [5, 5.41) is 13.5. The van der Waals surface area contributed by atoms with Crippen LogP contribution in [0, 0.1) is 12.7 Å². The second-order valence-corrected chi connectivity index (χ2v) is 8.13. The number of carboxylic acid groups (broad SMARTS) is 1. The fourth-order valence-corrected chi connectivity index (χ4v) is 3.49. The maximum atomic E-state index is 12.5. The number of nitrogens with one attached hydrogen (secondary N) is 2. The molecule has 1 aromatic heterocycles. The van der Waals surface area contributed by atoms with E-state index in [1.165, 1.54) is 41.1 Å². The number of carbonyl (C=O) groups is 2. The quantitative estimate of drug-likeness (QED) is 0.478. The first kappa shape index (κ1) is 26.0. The number of hydrogen-bond donors (Lipinski definition) is 3. The van der Waals surface area contributed by atoms with Gasteiger partial charge in [0.2, 0.25) is 0 Å². The monoisotopic (exact) mass is 473 g/mol. The Bertz CT molecular complexity index is 991. The van der Waals surface area contributed by atoms with Crippen LogP contribution in [0.1, 0.15) is 24.5 Å². The van der Waals surface area contributed by atoms with Gasteiger partial charge < -0.3 is 20.5 Å². The molecule has 1 fully saturated rings. The molecule has 1 aliphatic rings. The van der Waals surface area contributed by atoms with Gasteiger partial charge >= 0.3 is 12.1 Å². The molecule has 7 nitrogen and oxygen atoms in total. The Labute approximate surface area is 196 Å². The van der Waals surface area contributed by atoms with Gasteiger partial charge in [-0.3, -0.25) is 9.78 Å². The molecule has 3 aromatic rings. The van der Waals surface area contributed by atoms with Crippen molar-refractivity contribution in [2.24, 2.45) is 0 Å². The van der Waals surface area contributed by atoms with Crippen LogP contribution in [0.4, 0.5) is 9.18 Å². The predicted octanol–water partition coefficient (Wildman–Crippen LogP) is 4.62. The van der Waals surface area contributed by atoms with Crippen LogP contribution in [0.5, 0.6) is 0 Å². The fourth-order valence-electron chi connectivity index (χ4n) is 2.86. The molecule has 0 bridgehead atoms. The number of rotatable bonds is 4. The maximum Gasteiger partial charge on any atom is 0.404 e. The summed E-state index contributed by atoms with van der Waals surface area (Å²) in [5.41, 5.74) is 5.01. The first-order valence-corrected chi connectivity index (χ1v) is 11.3. The molecule has 1 amide bonds. The number of aromatic nitrogens is 1. The van der Waals surface area contributed by atoms with E-state index >= 15 is 0 Å². The molecule has 1 saturated heterocycles. The zero-order chi connectivity index (χ0) is 24.1. The standard InChI is InChI=1S/C10H9NS.C8H8FNO2.C6H11NO2/c1-8-2-4-9(5-3-8)10-6-11-7-12-10;9-7-3-1-2-6(4-7)5-10-8(11)12;1-5(8)9-6-2-3-7-4-6/h2-7H,1H3;1-4,10H,5H2,(H,11,12);6-7H,2-4H2,1H3. The lowest BCUT2D eigenvalue weighted by molar-refractivity contribution is -0.145. The van der Waals surface area contributed by atoms with Gasteiger partial charge in [-0.1, -0.05) is 42.0 Å². The molecule has 0 radical (unpaired) electrons. The molecule has 2 heterocycles. The molecule has 1 atom stereocenters. The van der Waals surface area contributed by atoms with Crippen molar-refractivity contribution < 1.29 is 23.8 Å². The summed E-state index contributed by atoms with van der Waals surface area (Å²) in [5.74, 6) is -0.539. The summed E-state index contributed by atoms with van der Waals surface area (Å²) in [4.78, 5) is 25.7. The number of aryl methyl sites for hydroxylation is 1. The molecule has 4 rings (SSSR count). The minimum absolute atomic E-state index is 0.127.